The molecule has 0 nitrogen and oxygen atoms in total. The second kappa shape index (κ2) is 5.69. The Hall–Kier alpha value is -3.12. The van der Waals surface area contributed by atoms with Gasteiger partial charge in [-0.1, -0.05) is 72.8 Å². The summed E-state index contributed by atoms with van der Waals surface area (Å²) >= 11 is 0. The summed E-state index contributed by atoms with van der Waals surface area (Å²) in [4.78, 5) is 0. The molecule has 0 unspecified atom stereocenters. The largest absolute Gasteiger partial charge is 0.0614 e. The Morgan fingerprint density at radius 3 is 1.43 bits per heavy atom. The highest BCUT2D eigenvalue weighted by atomic mass is 14.3. The van der Waals surface area contributed by atoms with Gasteiger partial charge in [-0.05, 0) is 93.1 Å². The van der Waals surface area contributed by atoms with Crippen LogP contribution < -0.4 is 0 Å². The van der Waals surface area contributed by atoms with Crippen LogP contribution in [0.2, 0.25) is 0 Å². The van der Waals surface area contributed by atoms with Crippen molar-refractivity contribution in [2.75, 3.05) is 0 Å². The SMILES string of the molecule is Cc1c2cccc1C1=C(c3cccc(c3C)CC2)c2cccc3cccc1c23. The number of fused-ring (bicyclic) bond motifs is 8. The molecule has 0 atom stereocenters. The van der Waals surface area contributed by atoms with Crippen LogP contribution in [0.3, 0.4) is 0 Å². The molecule has 0 N–H and O–H groups in total. The molecule has 0 spiro atoms. The number of benzene rings is 4. The maximum absolute atomic E-state index is 2.32. The Morgan fingerprint density at radius 2 is 0.929 bits per heavy atom. The van der Waals surface area contributed by atoms with E-state index in [2.05, 4.69) is 86.6 Å². The number of hydrogen-bond acceptors (Lipinski definition) is 0. The van der Waals surface area contributed by atoms with Gasteiger partial charge in [-0.2, -0.15) is 0 Å². The fourth-order valence-electron chi connectivity index (χ4n) is 5.31. The van der Waals surface area contributed by atoms with Crippen LogP contribution in [-0.4, -0.2) is 0 Å². The van der Waals surface area contributed by atoms with Crippen LogP contribution in [0.5, 0.6) is 0 Å². The van der Waals surface area contributed by atoms with Gasteiger partial charge < -0.3 is 0 Å². The van der Waals surface area contributed by atoms with Crippen LogP contribution in [0.4, 0.5) is 0 Å². The Bertz CT molecular complexity index is 1220. The van der Waals surface area contributed by atoms with Gasteiger partial charge in [-0.3, -0.25) is 0 Å². The van der Waals surface area contributed by atoms with Gasteiger partial charge in [0.15, 0.2) is 0 Å². The van der Waals surface area contributed by atoms with E-state index in [0.29, 0.717) is 0 Å². The van der Waals surface area contributed by atoms with Gasteiger partial charge in [0.25, 0.3) is 0 Å². The number of rotatable bonds is 0. The molecule has 0 amide bonds. The Morgan fingerprint density at radius 1 is 0.500 bits per heavy atom. The van der Waals surface area contributed by atoms with Gasteiger partial charge in [0, 0.05) is 0 Å². The highest BCUT2D eigenvalue weighted by molar-refractivity contribution is 6.21. The monoisotopic (exact) mass is 358 g/mol. The molecule has 4 aromatic rings. The first-order valence-electron chi connectivity index (χ1n) is 10.2. The Balaban J connectivity index is 1.85. The zero-order valence-corrected chi connectivity index (χ0v) is 16.3. The molecule has 0 aromatic heterocycles. The highest BCUT2D eigenvalue weighted by Crippen LogP contribution is 2.49. The van der Waals surface area contributed by atoms with E-state index >= 15 is 0 Å². The van der Waals surface area contributed by atoms with E-state index in [-0.39, 0.29) is 0 Å². The minimum atomic E-state index is 1.10. The van der Waals surface area contributed by atoms with Crippen molar-refractivity contribution >= 4 is 21.9 Å². The third-order valence-corrected chi connectivity index (χ3v) is 6.79. The summed E-state index contributed by atoms with van der Waals surface area (Å²) in [5, 5.41) is 2.74. The van der Waals surface area contributed by atoms with Crippen LogP contribution in [0.1, 0.15) is 44.5 Å². The predicted molar refractivity (Wildman–Crippen MR) is 119 cm³/mol. The fourth-order valence-corrected chi connectivity index (χ4v) is 5.31. The summed E-state index contributed by atoms with van der Waals surface area (Å²) in [6.45, 7) is 4.61. The minimum absolute atomic E-state index is 1.10. The van der Waals surface area contributed by atoms with Crippen molar-refractivity contribution in [2.24, 2.45) is 0 Å². The van der Waals surface area contributed by atoms with Gasteiger partial charge >= 0.3 is 0 Å². The van der Waals surface area contributed by atoms with Crippen molar-refractivity contribution < 1.29 is 0 Å². The molecule has 0 radical (unpaired) electrons. The van der Waals surface area contributed by atoms with Crippen LogP contribution >= 0.6 is 0 Å². The summed E-state index contributed by atoms with van der Waals surface area (Å²) in [5.74, 6) is 0. The van der Waals surface area contributed by atoms with Gasteiger partial charge in [-0.25, -0.2) is 0 Å². The van der Waals surface area contributed by atoms with Crippen molar-refractivity contribution in [1.29, 1.82) is 0 Å². The van der Waals surface area contributed by atoms with E-state index in [1.165, 1.54) is 66.4 Å². The van der Waals surface area contributed by atoms with Crippen molar-refractivity contribution in [2.45, 2.75) is 26.7 Å². The normalized spacial score (nSPS) is 14.4. The van der Waals surface area contributed by atoms with E-state index in [1.807, 2.05) is 0 Å². The molecule has 0 fully saturated rings. The molecule has 134 valence electrons. The first-order valence-corrected chi connectivity index (χ1v) is 10.2. The maximum Gasteiger partial charge on any atom is -0.00173 e. The molecule has 28 heavy (non-hydrogen) atoms. The molecular formula is C28H22. The van der Waals surface area contributed by atoms with Crippen molar-refractivity contribution in [3.63, 3.8) is 0 Å². The van der Waals surface area contributed by atoms with Gasteiger partial charge in [-0.15, -0.1) is 0 Å². The quantitative estimate of drug-likeness (QED) is 0.283. The Labute approximate surface area is 166 Å². The summed E-state index contributed by atoms with van der Waals surface area (Å²) in [6.07, 6.45) is 2.20. The van der Waals surface area contributed by atoms with Gasteiger partial charge in [0.05, 0.1) is 0 Å². The summed E-state index contributed by atoms with van der Waals surface area (Å²) < 4.78 is 0. The highest BCUT2D eigenvalue weighted by Gasteiger charge is 2.28. The third kappa shape index (κ3) is 2.01. The summed E-state index contributed by atoms with van der Waals surface area (Å²) in [6, 6.07) is 27.3. The molecule has 2 aliphatic rings. The Kier molecular flexibility index (Phi) is 3.23. The molecule has 2 aliphatic carbocycles. The molecule has 4 aromatic carbocycles. The molecule has 0 heteroatoms. The lowest BCUT2D eigenvalue weighted by Gasteiger charge is -2.20. The second-order valence-corrected chi connectivity index (χ2v) is 8.14. The molecule has 0 saturated carbocycles. The summed E-state index contributed by atoms with van der Waals surface area (Å²) in [5.41, 5.74) is 14.2. The molecule has 6 rings (SSSR count). The molecule has 0 saturated heterocycles. The summed E-state index contributed by atoms with van der Waals surface area (Å²) in [7, 11) is 0. The number of hydrogen-bond donors (Lipinski definition) is 0. The first-order chi connectivity index (χ1) is 13.7. The van der Waals surface area contributed by atoms with E-state index in [1.54, 1.807) is 0 Å². The van der Waals surface area contributed by atoms with E-state index in [0.717, 1.165) is 12.8 Å². The van der Waals surface area contributed by atoms with Crippen LogP contribution in [0.15, 0.2) is 72.8 Å². The lowest BCUT2D eigenvalue weighted by atomic mass is 9.83. The zero-order valence-electron chi connectivity index (χ0n) is 16.3. The third-order valence-electron chi connectivity index (χ3n) is 6.79. The smallest absolute Gasteiger partial charge is 0.00173 e. The van der Waals surface area contributed by atoms with Crippen LogP contribution in [0, 0.1) is 13.8 Å². The van der Waals surface area contributed by atoms with Gasteiger partial charge in [0.1, 0.15) is 0 Å². The molecule has 4 bridgehead atoms. The number of aryl methyl sites for hydroxylation is 2. The van der Waals surface area contributed by atoms with Crippen molar-refractivity contribution in [1.82, 2.24) is 0 Å². The standard InChI is InChI=1S/C28H22/c1-17-19-7-3-11-22(17)27-24-13-5-9-21-10-6-14-25(26(21)24)28(27)23-12-4-8-20(16-15-19)18(23)2/h3-14H,15-16H2,1-2H3. The lowest BCUT2D eigenvalue weighted by molar-refractivity contribution is 0.936. The van der Waals surface area contributed by atoms with Crippen LogP contribution in [-0.2, 0) is 12.8 Å². The topological polar surface area (TPSA) is 0 Å². The van der Waals surface area contributed by atoms with E-state index in [9.17, 15) is 0 Å². The minimum Gasteiger partial charge on any atom is -0.0614 e. The van der Waals surface area contributed by atoms with Gasteiger partial charge in [0.2, 0.25) is 0 Å². The average Bonchev–Trinajstić information content (AvgIpc) is 3.04. The predicted octanol–water partition coefficient (Wildman–Crippen LogP) is 6.88. The molecule has 0 heterocycles. The second-order valence-electron chi connectivity index (χ2n) is 8.14. The maximum atomic E-state index is 2.32. The van der Waals surface area contributed by atoms with E-state index in [4.69, 9.17) is 0 Å². The molecule has 0 aliphatic heterocycles. The lowest BCUT2D eigenvalue weighted by Crippen LogP contribution is -2.04. The van der Waals surface area contributed by atoms with E-state index < -0.39 is 0 Å². The fraction of sp³-hybridized carbons (Fsp3) is 0.143. The zero-order chi connectivity index (χ0) is 18.8. The first kappa shape index (κ1) is 15.9. The van der Waals surface area contributed by atoms with Crippen LogP contribution in [0.25, 0.3) is 21.9 Å². The average molecular weight is 358 g/mol. The molecular weight excluding hydrogens is 336 g/mol. The van der Waals surface area contributed by atoms with Crippen molar-refractivity contribution in [3.05, 3.63) is 117 Å². The van der Waals surface area contributed by atoms with Crippen molar-refractivity contribution in [3.8, 4) is 0 Å².